The van der Waals surface area contributed by atoms with Crippen molar-refractivity contribution in [1.29, 1.82) is 0 Å². The summed E-state index contributed by atoms with van der Waals surface area (Å²) in [5.41, 5.74) is 3.75. The van der Waals surface area contributed by atoms with Gasteiger partial charge in [-0.2, -0.15) is 0 Å². The minimum Gasteiger partial charge on any atom is -0.385 e. The quantitative estimate of drug-likeness (QED) is 0.852. The van der Waals surface area contributed by atoms with Gasteiger partial charge in [0, 0.05) is 31.5 Å². The topological polar surface area (TPSA) is 44.4 Å². The molecule has 0 saturated carbocycles. The van der Waals surface area contributed by atoms with Crippen molar-refractivity contribution in [1.82, 2.24) is 5.32 Å². The molecule has 0 unspecified atom stereocenters. The molecule has 19 heavy (non-hydrogen) atoms. The molecule has 4 heteroatoms. The third-order valence-electron chi connectivity index (χ3n) is 3.50. The molecule has 4 nitrogen and oxygen atoms in total. The molecule has 2 rings (SSSR count). The number of fused-ring (bicyclic) bond motifs is 1. The van der Waals surface area contributed by atoms with Gasteiger partial charge in [0.2, 0.25) is 5.91 Å². The molecule has 0 aromatic heterocycles. The minimum absolute atomic E-state index is 0.0595. The van der Waals surface area contributed by atoms with Crippen molar-refractivity contribution in [3.8, 4) is 0 Å². The molecule has 0 fully saturated rings. The van der Waals surface area contributed by atoms with E-state index in [0.717, 1.165) is 31.6 Å². The summed E-state index contributed by atoms with van der Waals surface area (Å²) < 4.78 is 0. The van der Waals surface area contributed by atoms with Gasteiger partial charge in [-0.15, -0.1) is 0 Å². The molecule has 0 bridgehead atoms. The van der Waals surface area contributed by atoms with E-state index in [0.29, 0.717) is 6.54 Å². The number of carbonyl (C=O) groups excluding carboxylic acids is 1. The van der Waals surface area contributed by atoms with E-state index in [1.54, 1.807) is 7.05 Å². The van der Waals surface area contributed by atoms with Crippen LogP contribution < -0.4 is 15.5 Å². The summed E-state index contributed by atoms with van der Waals surface area (Å²) in [6, 6.07) is 6.46. The lowest BCUT2D eigenvalue weighted by Gasteiger charge is -2.26. The standard InChI is InChI=1S/C15H23N3O/c1-3-9-18(11-15(19)16-2)13-6-7-14-12(10-13)5-4-8-17-14/h6-7,10,17H,3-5,8-9,11H2,1-2H3,(H,16,19). The maximum Gasteiger partial charge on any atom is 0.239 e. The average Bonchev–Trinajstić information content (AvgIpc) is 2.46. The Bertz CT molecular complexity index is 445. The second kappa shape index (κ2) is 6.45. The number of likely N-dealkylation sites (N-methyl/N-ethyl adjacent to an activating group) is 1. The van der Waals surface area contributed by atoms with Gasteiger partial charge in [0.25, 0.3) is 0 Å². The van der Waals surface area contributed by atoms with Gasteiger partial charge in [-0.05, 0) is 43.0 Å². The highest BCUT2D eigenvalue weighted by Gasteiger charge is 2.13. The number of amides is 1. The lowest BCUT2D eigenvalue weighted by molar-refractivity contribution is -0.119. The van der Waals surface area contributed by atoms with Crippen LogP contribution in [0.25, 0.3) is 0 Å². The van der Waals surface area contributed by atoms with Crippen molar-refractivity contribution < 1.29 is 4.79 Å². The summed E-state index contributed by atoms with van der Waals surface area (Å²) in [6.45, 7) is 4.52. The van der Waals surface area contributed by atoms with Crippen LogP contribution in [0.15, 0.2) is 18.2 Å². The minimum atomic E-state index is 0.0595. The van der Waals surface area contributed by atoms with E-state index in [1.165, 1.54) is 17.7 Å². The molecular weight excluding hydrogens is 238 g/mol. The first-order chi connectivity index (χ1) is 9.24. The smallest absolute Gasteiger partial charge is 0.239 e. The van der Waals surface area contributed by atoms with E-state index in [-0.39, 0.29) is 5.91 Å². The van der Waals surface area contributed by atoms with E-state index >= 15 is 0 Å². The van der Waals surface area contributed by atoms with E-state index in [4.69, 9.17) is 0 Å². The Morgan fingerprint density at radius 1 is 1.47 bits per heavy atom. The Kier molecular flexibility index (Phi) is 4.66. The maximum atomic E-state index is 11.6. The van der Waals surface area contributed by atoms with Crippen LogP contribution >= 0.6 is 0 Å². The second-order valence-corrected chi connectivity index (χ2v) is 4.97. The van der Waals surface area contributed by atoms with Crippen LogP contribution in [0, 0.1) is 0 Å². The van der Waals surface area contributed by atoms with Gasteiger partial charge < -0.3 is 15.5 Å². The number of nitrogens with zero attached hydrogens (tertiary/aromatic N) is 1. The summed E-state index contributed by atoms with van der Waals surface area (Å²) >= 11 is 0. The Balaban J connectivity index is 2.18. The molecule has 2 N–H and O–H groups in total. The fraction of sp³-hybridized carbons (Fsp3) is 0.533. The number of carbonyl (C=O) groups is 1. The summed E-state index contributed by atoms with van der Waals surface area (Å²) in [7, 11) is 1.68. The predicted octanol–water partition coefficient (Wildman–Crippen LogP) is 2.01. The fourth-order valence-corrected chi connectivity index (χ4v) is 2.48. The van der Waals surface area contributed by atoms with Crippen molar-refractivity contribution in [2.45, 2.75) is 26.2 Å². The van der Waals surface area contributed by atoms with Crippen molar-refractivity contribution >= 4 is 17.3 Å². The van der Waals surface area contributed by atoms with Crippen molar-refractivity contribution in [3.05, 3.63) is 23.8 Å². The summed E-state index contributed by atoms with van der Waals surface area (Å²) in [5.74, 6) is 0.0595. The molecule has 1 amide bonds. The third-order valence-corrected chi connectivity index (χ3v) is 3.50. The first kappa shape index (κ1) is 13.7. The Morgan fingerprint density at radius 3 is 3.05 bits per heavy atom. The van der Waals surface area contributed by atoms with Gasteiger partial charge in [-0.3, -0.25) is 4.79 Å². The molecular formula is C15H23N3O. The van der Waals surface area contributed by atoms with E-state index in [2.05, 4.69) is 40.7 Å². The van der Waals surface area contributed by atoms with Gasteiger partial charge in [0.05, 0.1) is 6.54 Å². The van der Waals surface area contributed by atoms with Crippen LogP contribution in [0.3, 0.4) is 0 Å². The first-order valence-electron chi connectivity index (χ1n) is 7.07. The van der Waals surface area contributed by atoms with E-state index < -0.39 is 0 Å². The number of anilines is 2. The molecule has 0 spiro atoms. The van der Waals surface area contributed by atoms with Crippen LogP contribution in [-0.4, -0.2) is 32.6 Å². The average molecular weight is 261 g/mol. The third kappa shape index (κ3) is 3.40. The number of nitrogens with one attached hydrogen (secondary N) is 2. The maximum absolute atomic E-state index is 11.6. The van der Waals surface area contributed by atoms with Crippen molar-refractivity contribution in [2.24, 2.45) is 0 Å². The second-order valence-electron chi connectivity index (χ2n) is 4.97. The Morgan fingerprint density at radius 2 is 2.32 bits per heavy atom. The zero-order valence-electron chi connectivity index (χ0n) is 11.8. The largest absolute Gasteiger partial charge is 0.385 e. The molecule has 1 aliphatic rings. The van der Waals surface area contributed by atoms with Gasteiger partial charge >= 0.3 is 0 Å². The summed E-state index contributed by atoms with van der Waals surface area (Å²) in [5, 5.41) is 6.11. The van der Waals surface area contributed by atoms with Gasteiger partial charge in [0.15, 0.2) is 0 Å². The molecule has 1 aromatic rings. The number of hydrogen-bond donors (Lipinski definition) is 2. The highest BCUT2D eigenvalue weighted by atomic mass is 16.1. The molecule has 0 radical (unpaired) electrons. The number of benzene rings is 1. The summed E-state index contributed by atoms with van der Waals surface area (Å²) in [6.07, 6.45) is 3.34. The highest BCUT2D eigenvalue weighted by molar-refractivity contribution is 5.81. The predicted molar refractivity (Wildman–Crippen MR) is 79.8 cm³/mol. The molecule has 1 aromatic carbocycles. The van der Waals surface area contributed by atoms with Crippen LogP contribution in [0.4, 0.5) is 11.4 Å². The van der Waals surface area contributed by atoms with E-state index in [1.807, 2.05) is 0 Å². The Labute approximate surface area is 115 Å². The molecule has 0 aliphatic carbocycles. The van der Waals surface area contributed by atoms with Gasteiger partial charge in [0.1, 0.15) is 0 Å². The lowest BCUT2D eigenvalue weighted by Crippen LogP contribution is -2.36. The SMILES string of the molecule is CCCN(CC(=O)NC)c1ccc2c(c1)CCCN2. The van der Waals surface area contributed by atoms with Crippen LogP contribution in [0.2, 0.25) is 0 Å². The summed E-state index contributed by atoms with van der Waals surface area (Å²) in [4.78, 5) is 13.7. The monoisotopic (exact) mass is 261 g/mol. The van der Waals surface area contributed by atoms with Crippen LogP contribution in [0.1, 0.15) is 25.3 Å². The zero-order valence-corrected chi connectivity index (χ0v) is 11.8. The molecule has 0 saturated heterocycles. The normalized spacial score (nSPS) is 13.4. The number of hydrogen-bond acceptors (Lipinski definition) is 3. The molecule has 1 aliphatic heterocycles. The molecule has 104 valence electrons. The Hall–Kier alpha value is -1.71. The van der Waals surface area contributed by atoms with E-state index in [9.17, 15) is 4.79 Å². The highest BCUT2D eigenvalue weighted by Crippen LogP contribution is 2.27. The van der Waals surface area contributed by atoms with Gasteiger partial charge in [-0.1, -0.05) is 6.92 Å². The fourth-order valence-electron chi connectivity index (χ4n) is 2.48. The van der Waals surface area contributed by atoms with Crippen molar-refractivity contribution in [3.63, 3.8) is 0 Å². The lowest BCUT2D eigenvalue weighted by atomic mass is 10.0. The zero-order chi connectivity index (χ0) is 13.7. The molecule has 0 atom stereocenters. The molecule has 1 heterocycles. The number of aryl methyl sites for hydroxylation is 1. The van der Waals surface area contributed by atoms with Crippen LogP contribution in [-0.2, 0) is 11.2 Å². The first-order valence-corrected chi connectivity index (χ1v) is 7.07. The van der Waals surface area contributed by atoms with Crippen LogP contribution in [0.5, 0.6) is 0 Å². The van der Waals surface area contributed by atoms with Crippen molar-refractivity contribution in [2.75, 3.05) is 36.9 Å². The number of rotatable bonds is 5. The van der Waals surface area contributed by atoms with Gasteiger partial charge in [-0.25, -0.2) is 0 Å².